The zero-order valence-corrected chi connectivity index (χ0v) is 7.13. The highest BCUT2D eigenvalue weighted by molar-refractivity contribution is 5.99. The molecular weight excluding hydrogens is 245 g/mol. The van der Waals surface area contributed by atoms with Crippen molar-refractivity contribution in [2.24, 2.45) is 0 Å². The van der Waals surface area contributed by atoms with Crippen molar-refractivity contribution >= 4 is 5.78 Å². The van der Waals surface area contributed by atoms with Gasteiger partial charge in [0.05, 0.1) is 0 Å². The van der Waals surface area contributed by atoms with E-state index in [0.29, 0.717) is 0 Å². The summed E-state index contributed by atoms with van der Waals surface area (Å²) in [6.45, 7) is 0. The van der Waals surface area contributed by atoms with E-state index in [0.717, 1.165) is 0 Å². The zero-order chi connectivity index (χ0) is 12.6. The van der Waals surface area contributed by atoms with Crippen molar-refractivity contribution in [1.82, 2.24) is 0 Å². The smallest absolute Gasteiger partial charge is 0.287 e. The van der Waals surface area contributed by atoms with Gasteiger partial charge in [-0.05, 0) is 0 Å². The molecule has 1 aromatic carbocycles. The number of halogens is 7. The molecule has 16 heavy (non-hydrogen) atoms. The van der Waals surface area contributed by atoms with Gasteiger partial charge in [0.1, 0.15) is 5.56 Å². The fourth-order valence-corrected chi connectivity index (χ4v) is 0.930. The summed E-state index contributed by atoms with van der Waals surface area (Å²) in [5.74, 6) is -15.0. The lowest BCUT2D eigenvalue weighted by Gasteiger charge is -2.06. The second-order valence-corrected chi connectivity index (χ2v) is 2.61. The normalized spacial score (nSPS) is 11.0. The molecule has 0 radical (unpaired) electrons. The van der Waals surface area contributed by atoms with Crippen molar-refractivity contribution in [2.75, 3.05) is 0 Å². The lowest BCUT2D eigenvalue weighted by atomic mass is 10.1. The number of ketones is 1. The van der Waals surface area contributed by atoms with Crippen LogP contribution in [0.2, 0.25) is 0 Å². The van der Waals surface area contributed by atoms with Gasteiger partial charge in [-0.15, -0.1) is 0 Å². The average Bonchev–Trinajstić information content (AvgIpc) is 2.23. The van der Waals surface area contributed by atoms with Crippen molar-refractivity contribution in [2.45, 2.75) is 6.43 Å². The zero-order valence-electron chi connectivity index (χ0n) is 7.13. The van der Waals surface area contributed by atoms with Gasteiger partial charge in [0, 0.05) is 0 Å². The molecule has 1 nitrogen and oxygen atoms in total. The molecule has 0 bridgehead atoms. The molecule has 0 aliphatic heterocycles. The number of rotatable bonds is 2. The van der Waals surface area contributed by atoms with Crippen molar-refractivity contribution < 1.29 is 35.5 Å². The van der Waals surface area contributed by atoms with Crippen LogP contribution in [-0.2, 0) is 0 Å². The van der Waals surface area contributed by atoms with Gasteiger partial charge in [-0.2, -0.15) is 0 Å². The summed E-state index contributed by atoms with van der Waals surface area (Å²) in [7, 11) is 0. The quantitative estimate of drug-likeness (QED) is 0.339. The molecule has 0 heterocycles. The van der Waals surface area contributed by atoms with E-state index >= 15 is 0 Å². The van der Waals surface area contributed by atoms with Gasteiger partial charge in [-0.25, -0.2) is 30.7 Å². The first-order valence-corrected chi connectivity index (χ1v) is 3.62. The van der Waals surface area contributed by atoms with Crippen LogP contribution in [-0.4, -0.2) is 12.2 Å². The van der Waals surface area contributed by atoms with Crippen molar-refractivity contribution in [3.05, 3.63) is 34.6 Å². The molecule has 1 aromatic rings. The van der Waals surface area contributed by atoms with E-state index in [9.17, 15) is 35.5 Å². The highest BCUT2D eigenvalue weighted by Gasteiger charge is 2.33. The van der Waals surface area contributed by atoms with E-state index in [1.165, 1.54) is 0 Å². The van der Waals surface area contributed by atoms with Crippen molar-refractivity contribution in [1.29, 1.82) is 0 Å². The maximum atomic E-state index is 12.7. The third-order valence-electron chi connectivity index (χ3n) is 1.65. The van der Waals surface area contributed by atoms with Crippen molar-refractivity contribution in [3.8, 4) is 0 Å². The van der Waals surface area contributed by atoms with Crippen LogP contribution in [0.5, 0.6) is 0 Å². The first-order valence-electron chi connectivity index (χ1n) is 3.62. The van der Waals surface area contributed by atoms with Crippen LogP contribution in [0.25, 0.3) is 0 Å². The molecule has 0 N–H and O–H groups in total. The van der Waals surface area contributed by atoms with Crippen LogP contribution in [0, 0.1) is 29.1 Å². The summed E-state index contributed by atoms with van der Waals surface area (Å²) in [4.78, 5) is 10.5. The first kappa shape index (κ1) is 12.5. The topological polar surface area (TPSA) is 17.1 Å². The number of hydrogen-bond donors (Lipinski definition) is 0. The molecule has 0 saturated carbocycles. The average molecular weight is 246 g/mol. The summed E-state index contributed by atoms with van der Waals surface area (Å²) in [6, 6.07) is 0. The number of carbonyl (C=O) groups excluding carboxylic acids is 1. The Morgan fingerprint density at radius 3 is 1.38 bits per heavy atom. The van der Waals surface area contributed by atoms with Crippen LogP contribution in [0.1, 0.15) is 10.4 Å². The number of hydrogen-bond acceptors (Lipinski definition) is 1. The van der Waals surface area contributed by atoms with Crippen LogP contribution in [0.3, 0.4) is 0 Å². The Bertz CT molecular complexity index is 425. The minimum Gasteiger partial charge on any atom is -0.287 e. The summed E-state index contributed by atoms with van der Waals surface area (Å²) in [5, 5.41) is 0. The predicted molar refractivity (Wildman–Crippen MR) is 36.6 cm³/mol. The molecule has 0 saturated heterocycles. The molecule has 0 aliphatic carbocycles. The van der Waals surface area contributed by atoms with Gasteiger partial charge < -0.3 is 0 Å². The Morgan fingerprint density at radius 2 is 1.06 bits per heavy atom. The lowest BCUT2D eigenvalue weighted by Crippen LogP contribution is -2.18. The van der Waals surface area contributed by atoms with E-state index in [2.05, 4.69) is 0 Å². The Labute approximate surface area is 83.5 Å². The molecule has 0 atom stereocenters. The fourth-order valence-electron chi connectivity index (χ4n) is 0.930. The van der Waals surface area contributed by atoms with E-state index in [-0.39, 0.29) is 0 Å². The molecule has 0 amide bonds. The fraction of sp³-hybridized carbons (Fsp3) is 0.125. The maximum Gasteiger partial charge on any atom is 0.300 e. The third kappa shape index (κ3) is 1.74. The van der Waals surface area contributed by atoms with Crippen LogP contribution >= 0.6 is 0 Å². The molecular formula is C8HF7O. The number of carbonyl (C=O) groups is 1. The lowest BCUT2D eigenvalue weighted by molar-refractivity contribution is 0.0666. The van der Waals surface area contributed by atoms with E-state index < -0.39 is 46.9 Å². The van der Waals surface area contributed by atoms with Crippen LogP contribution < -0.4 is 0 Å². The number of Topliss-reactive ketones (excluding diaryl/α,β-unsaturated/α-hetero) is 1. The van der Waals surface area contributed by atoms with E-state index in [4.69, 9.17) is 0 Å². The highest BCUT2D eigenvalue weighted by Crippen LogP contribution is 2.24. The minimum atomic E-state index is -3.87. The summed E-state index contributed by atoms with van der Waals surface area (Å²) in [6.07, 6.45) is -3.87. The largest absolute Gasteiger partial charge is 0.300 e. The molecule has 0 fully saturated rings. The Balaban J connectivity index is 3.58. The van der Waals surface area contributed by atoms with E-state index in [1.54, 1.807) is 0 Å². The summed E-state index contributed by atoms with van der Waals surface area (Å²) >= 11 is 0. The highest BCUT2D eigenvalue weighted by atomic mass is 19.3. The third-order valence-corrected chi connectivity index (χ3v) is 1.65. The van der Waals surface area contributed by atoms with Gasteiger partial charge in [0.2, 0.25) is 11.6 Å². The Kier molecular flexibility index (Phi) is 3.20. The molecule has 1 rings (SSSR count). The monoisotopic (exact) mass is 246 g/mol. The molecule has 0 unspecified atom stereocenters. The van der Waals surface area contributed by atoms with Gasteiger partial charge in [-0.1, -0.05) is 0 Å². The summed E-state index contributed by atoms with van der Waals surface area (Å²) in [5.41, 5.74) is -2.13. The SMILES string of the molecule is O=C(c1c(F)c(F)c(F)c(F)c1F)C(F)F. The molecule has 0 aliphatic rings. The van der Waals surface area contributed by atoms with Gasteiger partial charge in [0.25, 0.3) is 0 Å². The van der Waals surface area contributed by atoms with Gasteiger partial charge in [0.15, 0.2) is 23.3 Å². The van der Waals surface area contributed by atoms with E-state index in [1.807, 2.05) is 0 Å². The standard InChI is InChI=1S/C8HF7O/c9-2-1(7(16)8(14)15)3(10)5(12)6(13)4(2)11/h8H. The Hall–Kier alpha value is -1.60. The van der Waals surface area contributed by atoms with Crippen molar-refractivity contribution in [3.63, 3.8) is 0 Å². The second-order valence-electron chi connectivity index (χ2n) is 2.61. The number of alkyl halides is 2. The molecule has 8 heteroatoms. The van der Waals surface area contributed by atoms with Gasteiger partial charge >= 0.3 is 6.43 Å². The Morgan fingerprint density at radius 1 is 0.750 bits per heavy atom. The molecule has 0 aromatic heterocycles. The number of benzene rings is 1. The second kappa shape index (κ2) is 4.11. The molecule has 88 valence electrons. The minimum absolute atomic E-state index is 2.13. The maximum absolute atomic E-state index is 12.7. The summed E-state index contributed by atoms with van der Waals surface area (Å²) < 4.78 is 86.5. The molecule has 0 spiro atoms. The van der Waals surface area contributed by atoms with Crippen LogP contribution in [0.15, 0.2) is 0 Å². The van der Waals surface area contributed by atoms with Gasteiger partial charge in [-0.3, -0.25) is 4.79 Å². The van der Waals surface area contributed by atoms with Crippen LogP contribution in [0.4, 0.5) is 30.7 Å². The first-order chi connectivity index (χ1) is 7.29. The predicted octanol–water partition coefficient (Wildman–Crippen LogP) is 2.83.